The molecule has 1 aliphatic rings. The van der Waals surface area contributed by atoms with Gasteiger partial charge in [0.15, 0.2) is 0 Å². The zero-order chi connectivity index (χ0) is 21.3. The van der Waals surface area contributed by atoms with Gasteiger partial charge in [-0.3, -0.25) is 4.79 Å². The maximum absolute atomic E-state index is 13.1. The maximum atomic E-state index is 13.1. The Morgan fingerprint density at radius 2 is 1.87 bits per heavy atom. The summed E-state index contributed by atoms with van der Waals surface area (Å²) in [5.74, 6) is 0.309. The first-order chi connectivity index (χ1) is 14.6. The standard InChI is InChI=1S/C19H19ClFN5.C2H5NO/c20-17-11-22-19(24-15-4-2-1-3-5-15)25-18(17)13-10-23-26(12-13)16-8-6-14(21)7-9-16;1-3-2-4/h6-12,15H,1-5H2,(H,22,24,25);2H,1H3,(H,3,4). The fraction of sp³-hybridized carbons (Fsp3) is 0.333. The number of amides is 1. The lowest BCUT2D eigenvalue weighted by Gasteiger charge is -2.22. The van der Waals surface area contributed by atoms with Crippen LogP contribution in [-0.2, 0) is 4.79 Å². The topological polar surface area (TPSA) is 84.7 Å². The molecule has 7 nitrogen and oxygen atoms in total. The summed E-state index contributed by atoms with van der Waals surface area (Å²) in [5, 5.41) is 10.5. The van der Waals surface area contributed by atoms with Crippen molar-refractivity contribution in [1.82, 2.24) is 25.1 Å². The molecule has 1 aromatic carbocycles. The van der Waals surface area contributed by atoms with E-state index in [4.69, 9.17) is 16.4 Å². The fourth-order valence-electron chi connectivity index (χ4n) is 3.25. The van der Waals surface area contributed by atoms with E-state index in [-0.39, 0.29) is 5.82 Å². The minimum absolute atomic E-state index is 0.279. The van der Waals surface area contributed by atoms with Gasteiger partial charge >= 0.3 is 0 Å². The number of nitrogens with one attached hydrogen (secondary N) is 2. The third-order valence-electron chi connectivity index (χ3n) is 4.75. The van der Waals surface area contributed by atoms with Gasteiger partial charge in [-0.15, -0.1) is 0 Å². The Labute approximate surface area is 179 Å². The Morgan fingerprint density at radius 1 is 1.17 bits per heavy atom. The lowest BCUT2D eigenvalue weighted by atomic mass is 9.96. The smallest absolute Gasteiger partial charge is 0.223 e. The normalized spacial score (nSPS) is 13.8. The summed E-state index contributed by atoms with van der Waals surface area (Å²) in [6, 6.07) is 6.56. The van der Waals surface area contributed by atoms with Gasteiger partial charge in [-0.25, -0.2) is 19.0 Å². The molecule has 0 saturated heterocycles. The van der Waals surface area contributed by atoms with Crippen LogP contribution in [0.25, 0.3) is 16.9 Å². The summed E-state index contributed by atoms with van der Waals surface area (Å²) >= 11 is 6.31. The van der Waals surface area contributed by atoms with Gasteiger partial charge in [0.2, 0.25) is 12.4 Å². The van der Waals surface area contributed by atoms with Crippen molar-refractivity contribution in [1.29, 1.82) is 0 Å². The molecule has 1 saturated carbocycles. The van der Waals surface area contributed by atoms with Crippen molar-refractivity contribution in [3.05, 3.63) is 53.7 Å². The Balaban J connectivity index is 0.000000589. The second-order valence-corrected chi connectivity index (χ2v) is 7.33. The van der Waals surface area contributed by atoms with E-state index < -0.39 is 0 Å². The van der Waals surface area contributed by atoms with E-state index in [1.807, 2.05) is 6.20 Å². The monoisotopic (exact) mass is 430 g/mol. The molecule has 0 bridgehead atoms. The molecule has 1 aliphatic carbocycles. The third kappa shape index (κ3) is 5.76. The summed E-state index contributed by atoms with van der Waals surface area (Å²) < 4.78 is 14.8. The van der Waals surface area contributed by atoms with E-state index in [2.05, 4.69) is 25.7 Å². The van der Waals surface area contributed by atoms with Gasteiger partial charge in [0.05, 0.1) is 28.8 Å². The molecule has 2 heterocycles. The highest BCUT2D eigenvalue weighted by molar-refractivity contribution is 6.32. The lowest BCUT2D eigenvalue weighted by Crippen LogP contribution is -2.23. The summed E-state index contributed by atoms with van der Waals surface area (Å²) in [6.07, 6.45) is 11.8. The van der Waals surface area contributed by atoms with E-state index in [0.717, 1.165) is 24.1 Å². The van der Waals surface area contributed by atoms with Crippen LogP contribution in [0.3, 0.4) is 0 Å². The number of hydrogen-bond acceptors (Lipinski definition) is 5. The van der Waals surface area contributed by atoms with Crippen LogP contribution in [0.5, 0.6) is 0 Å². The quantitative estimate of drug-likeness (QED) is 0.592. The first-order valence-corrected chi connectivity index (χ1v) is 10.2. The van der Waals surface area contributed by atoms with Gasteiger partial charge in [-0.1, -0.05) is 30.9 Å². The highest BCUT2D eigenvalue weighted by Gasteiger charge is 2.16. The molecule has 9 heteroatoms. The molecule has 2 N–H and O–H groups in total. The molecule has 0 unspecified atom stereocenters. The number of aromatic nitrogens is 4. The number of carbonyl (C=O) groups is 1. The average Bonchev–Trinajstić information content (AvgIpc) is 3.26. The van der Waals surface area contributed by atoms with Gasteiger partial charge in [-0.05, 0) is 37.1 Å². The van der Waals surface area contributed by atoms with Gasteiger partial charge in [-0.2, -0.15) is 5.10 Å². The van der Waals surface area contributed by atoms with Crippen LogP contribution >= 0.6 is 11.6 Å². The van der Waals surface area contributed by atoms with E-state index >= 15 is 0 Å². The first kappa shape index (κ1) is 21.7. The third-order valence-corrected chi connectivity index (χ3v) is 5.02. The second kappa shape index (κ2) is 10.7. The molecule has 2 aromatic heterocycles. The summed E-state index contributed by atoms with van der Waals surface area (Å²) in [4.78, 5) is 18.0. The minimum atomic E-state index is -0.279. The Morgan fingerprint density at radius 3 is 2.53 bits per heavy atom. The molecule has 0 atom stereocenters. The van der Waals surface area contributed by atoms with E-state index in [0.29, 0.717) is 29.1 Å². The molecule has 4 rings (SSSR count). The summed E-state index contributed by atoms with van der Waals surface area (Å²) in [5.41, 5.74) is 2.19. The molecule has 158 valence electrons. The lowest BCUT2D eigenvalue weighted by molar-refractivity contribution is -0.109. The fourth-order valence-corrected chi connectivity index (χ4v) is 3.45. The maximum Gasteiger partial charge on any atom is 0.223 e. The Kier molecular flexibility index (Phi) is 7.73. The van der Waals surface area contributed by atoms with Crippen LogP contribution in [0, 0.1) is 5.82 Å². The van der Waals surface area contributed by atoms with Crippen molar-refractivity contribution in [2.24, 2.45) is 0 Å². The van der Waals surface area contributed by atoms with Crippen molar-refractivity contribution >= 4 is 24.0 Å². The first-order valence-electron chi connectivity index (χ1n) is 9.81. The summed E-state index contributed by atoms with van der Waals surface area (Å²) in [6.45, 7) is 0. The van der Waals surface area contributed by atoms with E-state index in [1.54, 1.807) is 36.3 Å². The highest BCUT2D eigenvalue weighted by Crippen LogP contribution is 2.28. The number of benzene rings is 1. The van der Waals surface area contributed by atoms with Crippen LogP contribution < -0.4 is 10.6 Å². The number of halogens is 2. The minimum Gasteiger partial charge on any atom is -0.362 e. The van der Waals surface area contributed by atoms with Crippen molar-refractivity contribution in [3.8, 4) is 16.9 Å². The number of carbonyl (C=O) groups excluding carboxylic acids is 1. The molecular formula is C21H24ClFN6O. The molecule has 0 spiro atoms. The predicted octanol–water partition coefficient (Wildman–Crippen LogP) is 4.23. The zero-order valence-electron chi connectivity index (χ0n) is 16.7. The molecule has 0 radical (unpaired) electrons. The average molecular weight is 431 g/mol. The number of nitrogens with zero attached hydrogens (tertiary/aromatic N) is 4. The predicted molar refractivity (Wildman–Crippen MR) is 115 cm³/mol. The van der Waals surface area contributed by atoms with Crippen molar-refractivity contribution in [2.75, 3.05) is 12.4 Å². The molecule has 1 fully saturated rings. The van der Waals surface area contributed by atoms with Crippen LogP contribution in [0.2, 0.25) is 5.02 Å². The second-order valence-electron chi connectivity index (χ2n) is 6.93. The molecule has 1 amide bonds. The highest BCUT2D eigenvalue weighted by atomic mass is 35.5. The Bertz CT molecular complexity index is 956. The largest absolute Gasteiger partial charge is 0.362 e. The molecule has 3 aromatic rings. The number of hydrogen-bond donors (Lipinski definition) is 2. The van der Waals surface area contributed by atoms with Gasteiger partial charge in [0.1, 0.15) is 5.82 Å². The number of rotatable bonds is 5. The number of anilines is 1. The SMILES string of the molecule is CNC=O.Fc1ccc(-n2cc(-c3nc(NC4CCCCC4)ncc3Cl)cn2)cc1. The van der Waals surface area contributed by atoms with Crippen molar-refractivity contribution in [2.45, 2.75) is 38.1 Å². The van der Waals surface area contributed by atoms with Gasteiger partial charge in [0, 0.05) is 24.8 Å². The molecule has 30 heavy (non-hydrogen) atoms. The van der Waals surface area contributed by atoms with Crippen LogP contribution in [0.4, 0.5) is 10.3 Å². The Hall–Kier alpha value is -3.00. The van der Waals surface area contributed by atoms with Gasteiger partial charge < -0.3 is 10.6 Å². The van der Waals surface area contributed by atoms with Crippen LogP contribution in [0.1, 0.15) is 32.1 Å². The van der Waals surface area contributed by atoms with E-state index in [9.17, 15) is 4.39 Å². The molecule has 0 aliphatic heterocycles. The van der Waals surface area contributed by atoms with Crippen molar-refractivity contribution < 1.29 is 9.18 Å². The molecular weight excluding hydrogens is 407 g/mol. The van der Waals surface area contributed by atoms with E-state index in [1.165, 1.54) is 31.4 Å². The van der Waals surface area contributed by atoms with Crippen molar-refractivity contribution in [3.63, 3.8) is 0 Å². The van der Waals surface area contributed by atoms with Crippen LogP contribution in [0.15, 0.2) is 42.9 Å². The zero-order valence-corrected chi connectivity index (χ0v) is 17.4. The van der Waals surface area contributed by atoms with Gasteiger partial charge in [0.25, 0.3) is 0 Å². The van der Waals surface area contributed by atoms with Crippen LogP contribution in [-0.4, -0.2) is 39.2 Å². The summed E-state index contributed by atoms with van der Waals surface area (Å²) in [7, 11) is 1.56.